The Morgan fingerprint density at radius 2 is 1.60 bits per heavy atom. The Bertz CT molecular complexity index is 996. The van der Waals surface area contributed by atoms with E-state index in [0.29, 0.717) is 22.6 Å². The Hall–Kier alpha value is -3.56. The molecule has 4 rings (SSSR count). The first-order valence-corrected chi connectivity index (χ1v) is 7.56. The third kappa shape index (κ3) is 3.86. The zero-order valence-electron chi connectivity index (χ0n) is 13.9. The summed E-state index contributed by atoms with van der Waals surface area (Å²) in [7, 11) is 0. The summed E-state index contributed by atoms with van der Waals surface area (Å²) in [6, 6.07) is 0. The number of aromatic amines is 2. The fourth-order valence-corrected chi connectivity index (χ4v) is 2.03. The van der Waals surface area contributed by atoms with Gasteiger partial charge in [-0.2, -0.15) is 0 Å². The number of hydrogen-bond donors (Lipinski definition) is 4. The minimum Gasteiger partial charge on any atom is -0.382 e. The Kier molecular flexibility index (Phi) is 4.79. The maximum Gasteiger partial charge on any atom is 0.182 e. The molecule has 0 aliphatic rings. The van der Waals surface area contributed by atoms with Crippen molar-refractivity contribution in [2.45, 2.75) is 13.8 Å². The molecule has 25 heavy (non-hydrogen) atoms. The van der Waals surface area contributed by atoms with Crippen molar-refractivity contribution in [2.24, 2.45) is 0 Å². The highest BCUT2D eigenvalue weighted by Crippen LogP contribution is 2.13. The summed E-state index contributed by atoms with van der Waals surface area (Å²) < 4.78 is 0. The smallest absolute Gasteiger partial charge is 0.182 e. The van der Waals surface area contributed by atoms with Gasteiger partial charge in [-0.3, -0.25) is 0 Å². The van der Waals surface area contributed by atoms with Crippen LogP contribution in [0.3, 0.4) is 0 Å². The maximum atomic E-state index is 5.48. The van der Waals surface area contributed by atoms with Gasteiger partial charge in [0.25, 0.3) is 0 Å². The standard InChI is InChI=1S/C10H13N5.C5H5N5/c1-7(2)3-4-11-9-8-10(13-5-12-8)15-6-14-9;6-4-3-5(9-1-7-3)10-2-8-4/h3,5-6H,4H2,1-2H3,(H2,11,12,13,14,15);1-2H,(H3,6,7,8,9,10). The molecule has 0 saturated carbocycles. The molecular weight excluding hydrogens is 320 g/mol. The van der Waals surface area contributed by atoms with Crippen molar-refractivity contribution in [3.8, 4) is 0 Å². The van der Waals surface area contributed by atoms with Crippen LogP contribution < -0.4 is 11.1 Å². The average Bonchev–Trinajstić information content (AvgIpc) is 3.25. The van der Waals surface area contributed by atoms with E-state index in [1.807, 2.05) is 0 Å². The molecule has 5 N–H and O–H groups in total. The predicted octanol–water partition coefficient (Wildman–Crippen LogP) is 1.67. The zero-order valence-corrected chi connectivity index (χ0v) is 13.9. The normalized spacial score (nSPS) is 10.3. The summed E-state index contributed by atoms with van der Waals surface area (Å²) in [5.74, 6) is 1.22. The van der Waals surface area contributed by atoms with Gasteiger partial charge in [0, 0.05) is 6.54 Å². The number of nitrogen functional groups attached to an aromatic ring is 1. The Labute approximate surface area is 143 Å². The number of anilines is 2. The Morgan fingerprint density at radius 1 is 0.960 bits per heavy atom. The van der Waals surface area contributed by atoms with Crippen molar-refractivity contribution in [1.29, 1.82) is 0 Å². The van der Waals surface area contributed by atoms with Crippen molar-refractivity contribution in [3.05, 3.63) is 37.0 Å². The van der Waals surface area contributed by atoms with E-state index in [9.17, 15) is 0 Å². The lowest BCUT2D eigenvalue weighted by atomic mass is 10.3. The van der Waals surface area contributed by atoms with E-state index < -0.39 is 0 Å². The van der Waals surface area contributed by atoms with Crippen LogP contribution in [0.1, 0.15) is 13.8 Å². The number of H-pyrrole nitrogens is 2. The summed E-state index contributed by atoms with van der Waals surface area (Å²) in [6.07, 6.45) is 8.15. The van der Waals surface area contributed by atoms with E-state index >= 15 is 0 Å². The van der Waals surface area contributed by atoms with Crippen LogP contribution in [0.2, 0.25) is 0 Å². The quantitative estimate of drug-likeness (QED) is 0.412. The van der Waals surface area contributed by atoms with Crippen LogP contribution in [0.4, 0.5) is 11.6 Å². The van der Waals surface area contributed by atoms with E-state index in [4.69, 9.17) is 5.73 Å². The molecule has 0 bridgehead atoms. The monoisotopic (exact) mass is 338 g/mol. The molecule has 10 heteroatoms. The van der Waals surface area contributed by atoms with Crippen molar-refractivity contribution in [3.63, 3.8) is 0 Å². The van der Waals surface area contributed by atoms with E-state index in [0.717, 1.165) is 17.9 Å². The first kappa shape index (κ1) is 16.3. The van der Waals surface area contributed by atoms with Crippen LogP contribution in [-0.4, -0.2) is 46.4 Å². The van der Waals surface area contributed by atoms with Crippen LogP contribution in [-0.2, 0) is 0 Å². The highest BCUT2D eigenvalue weighted by Gasteiger charge is 2.03. The first-order valence-electron chi connectivity index (χ1n) is 7.56. The molecule has 0 aliphatic heterocycles. The summed E-state index contributed by atoms with van der Waals surface area (Å²) in [4.78, 5) is 29.6. The summed E-state index contributed by atoms with van der Waals surface area (Å²) in [5, 5.41) is 3.21. The number of nitrogens with two attached hydrogens (primary N) is 1. The Morgan fingerprint density at radius 3 is 2.28 bits per heavy atom. The predicted molar refractivity (Wildman–Crippen MR) is 95.7 cm³/mol. The number of fused-ring (bicyclic) bond motifs is 2. The lowest BCUT2D eigenvalue weighted by molar-refractivity contribution is 1.16. The lowest BCUT2D eigenvalue weighted by Crippen LogP contribution is -2.02. The van der Waals surface area contributed by atoms with Crippen molar-refractivity contribution in [1.82, 2.24) is 39.9 Å². The minimum absolute atomic E-state index is 0.433. The second-order valence-corrected chi connectivity index (χ2v) is 5.35. The second-order valence-electron chi connectivity index (χ2n) is 5.35. The molecule has 0 spiro atoms. The highest BCUT2D eigenvalue weighted by molar-refractivity contribution is 5.82. The number of nitrogens with one attached hydrogen (secondary N) is 3. The van der Waals surface area contributed by atoms with E-state index in [-0.39, 0.29) is 0 Å². The molecule has 0 atom stereocenters. The van der Waals surface area contributed by atoms with Crippen LogP contribution in [0, 0.1) is 0 Å². The average molecular weight is 338 g/mol. The minimum atomic E-state index is 0.433. The third-order valence-corrected chi connectivity index (χ3v) is 3.26. The van der Waals surface area contributed by atoms with Gasteiger partial charge in [-0.15, -0.1) is 0 Å². The molecular formula is C15H18N10. The molecule has 0 aliphatic carbocycles. The SMILES string of the molecule is CC(C)=CCNc1ncnc2nc[nH]c12.Nc1ncnc2nc[nH]c12. The number of allylic oxidation sites excluding steroid dienone is 1. The van der Waals surface area contributed by atoms with Crippen molar-refractivity contribution >= 4 is 34.0 Å². The van der Waals surface area contributed by atoms with Crippen LogP contribution >= 0.6 is 0 Å². The molecule has 10 nitrogen and oxygen atoms in total. The highest BCUT2D eigenvalue weighted by atomic mass is 15.1. The number of imidazole rings is 2. The fourth-order valence-electron chi connectivity index (χ4n) is 2.03. The zero-order chi connectivity index (χ0) is 17.6. The van der Waals surface area contributed by atoms with Gasteiger partial charge in [0.05, 0.1) is 12.7 Å². The van der Waals surface area contributed by atoms with Gasteiger partial charge in [0.15, 0.2) is 22.9 Å². The number of hydrogen-bond acceptors (Lipinski definition) is 8. The molecule has 0 saturated heterocycles. The topological polar surface area (TPSA) is 147 Å². The van der Waals surface area contributed by atoms with Gasteiger partial charge in [0.2, 0.25) is 0 Å². The molecule has 0 aromatic carbocycles. The molecule has 4 aromatic heterocycles. The second kappa shape index (κ2) is 7.34. The van der Waals surface area contributed by atoms with Crippen molar-refractivity contribution in [2.75, 3.05) is 17.6 Å². The van der Waals surface area contributed by atoms with Gasteiger partial charge < -0.3 is 21.0 Å². The van der Waals surface area contributed by atoms with Gasteiger partial charge in [0.1, 0.15) is 23.7 Å². The molecule has 0 fully saturated rings. The Balaban J connectivity index is 0.000000157. The molecule has 0 unspecified atom stereocenters. The first-order chi connectivity index (χ1) is 12.1. The molecule has 128 valence electrons. The summed E-state index contributed by atoms with van der Waals surface area (Å²) >= 11 is 0. The molecule has 0 radical (unpaired) electrons. The lowest BCUT2D eigenvalue weighted by Gasteiger charge is -2.02. The van der Waals surface area contributed by atoms with Crippen LogP contribution in [0.25, 0.3) is 22.3 Å². The molecule has 4 heterocycles. The van der Waals surface area contributed by atoms with Gasteiger partial charge >= 0.3 is 0 Å². The summed E-state index contributed by atoms with van der Waals surface area (Å²) in [6.45, 7) is 4.88. The maximum absolute atomic E-state index is 5.48. The van der Waals surface area contributed by atoms with Crippen LogP contribution in [0.5, 0.6) is 0 Å². The van der Waals surface area contributed by atoms with Gasteiger partial charge in [-0.05, 0) is 13.8 Å². The number of rotatable bonds is 3. The van der Waals surface area contributed by atoms with E-state index in [1.165, 1.54) is 24.6 Å². The summed E-state index contributed by atoms with van der Waals surface area (Å²) in [5.41, 5.74) is 9.59. The number of aromatic nitrogens is 8. The third-order valence-electron chi connectivity index (χ3n) is 3.26. The largest absolute Gasteiger partial charge is 0.382 e. The fraction of sp³-hybridized carbons (Fsp3) is 0.200. The molecule has 0 amide bonds. The van der Waals surface area contributed by atoms with E-state index in [2.05, 4.69) is 65.1 Å². The van der Waals surface area contributed by atoms with Crippen LogP contribution in [0.15, 0.2) is 37.0 Å². The van der Waals surface area contributed by atoms with E-state index in [1.54, 1.807) is 6.33 Å². The van der Waals surface area contributed by atoms with Crippen molar-refractivity contribution < 1.29 is 0 Å². The van der Waals surface area contributed by atoms with Gasteiger partial charge in [-0.1, -0.05) is 11.6 Å². The van der Waals surface area contributed by atoms with Gasteiger partial charge in [-0.25, -0.2) is 29.9 Å². The number of nitrogens with zero attached hydrogens (tertiary/aromatic N) is 6. The molecule has 4 aromatic rings.